The van der Waals surface area contributed by atoms with Gasteiger partial charge in [0.15, 0.2) is 5.75 Å². The van der Waals surface area contributed by atoms with Crippen LogP contribution in [-0.2, 0) is 10.1 Å². The highest BCUT2D eigenvalue weighted by atomic mass is 32.2. The van der Waals surface area contributed by atoms with Crippen molar-refractivity contribution in [3.8, 4) is 5.75 Å². The van der Waals surface area contributed by atoms with Gasteiger partial charge >= 0.3 is 22.2 Å². The van der Waals surface area contributed by atoms with Gasteiger partial charge in [0.2, 0.25) is 6.17 Å². The second-order valence-corrected chi connectivity index (χ2v) is 7.65. The third-order valence-corrected chi connectivity index (χ3v) is 5.13. The van der Waals surface area contributed by atoms with Gasteiger partial charge in [0.25, 0.3) is 0 Å². The Morgan fingerprint density at radius 2 is 1.59 bits per heavy atom. The summed E-state index contributed by atoms with van der Waals surface area (Å²) in [7, 11) is -4.63. The first-order valence-corrected chi connectivity index (χ1v) is 9.57. The minimum absolute atomic E-state index is 0.179. The van der Waals surface area contributed by atoms with Gasteiger partial charge in [-0.1, -0.05) is 48.0 Å². The molecule has 0 saturated carbocycles. The van der Waals surface area contributed by atoms with E-state index in [1.54, 1.807) is 6.92 Å². The normalized spacial score (nSPS) is 14.2. The van der Waals surface area contributed by atoms with E-state index in [0.717, 1.165) is 6.07 Å². The third kappa shape index (κ3) is 4.75. The predicted octanol–water partition coefficient (Wildman–Crippen LogP) is 6.00. The zero-order valence-corrected chi connectivity index (χ0v) is 16.0. The van der Waals surface area contributed by atoms with Gasteiger partial charge in [-0.2, -0.15) is 30.4 Å². The van der Waals surface area contributed by atoms with Crippen molar-refractivity contribution in [1.29, 1.82) is 0 Å². The number of allylic oxidation sites excluding steroid dienone is 1. The molecule has 29 heavy (non-hydrogen) atoms. The molecular formula is C19H16F6O3S. The molecule has 1 atom stereocenters. The molecule has 0 amide bonds. The number of hydrogen-bond donors (Lipinski definition) is 0. The van der Waals surface area contributed by atoms with Gasteiger partial charge in [-0.05, 0) is 26.0 Å². The number of benzene rings is 2. The van der Waals surface area contributed by atoms with E-state index in [9.17, 15) is 34.8 Å². The van der Waals surface area contributed by atoms with E-state index in [1.165, 1.54) is 49.4 Å². The Kier molecular flexibility index (Phi) is 6.36. The van der Waals surface area contributed by atoms with Gasteiger partial charge in [0.05, 0.1) is 0 Å². The van der Waals surface area contributed by atoms with Crippen LogP contribution in [0.3, 0.4) is 0 Å². The fourth-order valence-corrected chi connectivity index (χ4v) is 3.36. The summed E-state index contributed by atoms with van der Waals surface area (Å²) in [5.74, 6) is -6.70. The lowest BCUT2D eigenvalue weighted by Gasteiger charge is -2.25. The zero-order chi connectivity index (χ0) is 22.0. The molecule has 2 aromatic carbocycles. The van der Waals surface area contributed by atoms with Crippen LogP contribution in [0.15, 0.2) is 53.4 Å². The van der Waals surface area contributed by atoms with E-state index in [-0.39, 0.29) is 10.5 Å². The van der Waals surface area contributed by atoms with Crippen LogP contribution in [0, 0.1) is 6.92 Å². The van der Waals surface area contributed by atoms with Crippen LogP contribution in [0.4, 0.5) is 26.3 Å². The number of aryl methyl sites for hydroxylation is 1. The smallest absolute Gasteiger partial charge is 0.378 e. The van der Waals surface area contributed by atoms with E-state index in [0.29, 0.717) is 11.6 Å². The highest BCUT2D eigenvalue weighted by Crippen LogP contribution is 2.49. The molecule has 0 radical (unpaired) electrons. The molecule has 2 aromatic rings. The molecule has 2 rings (SSSR count). The summed E-state index contributed by atoms with van der Waals surface area (Å²) in [5, 5.41) is 0. The molecule has 158 valence electrons. The van der Waals surface area contributed by atoms with Gasteiger partial charge in [0.1, 0.15) is 4.90 Å². The van der Waals surface area contributed by atoms with Gasteiger partial charge in [-0.25, -0.2) is 4.39 Å². The topological polar surface area (TPSA) is 43.4 Å². The summed E-state index contributed by atoms with van der Waals surface area (Å²) in [6, 6.07) is 8.05. The van der Waals surface area contributed by atoms with Crippen molar-refractivity contribution >= 4 is 16.2 Å². The largest absolute Gasteiger partial charge is 0.456 e. The quantitative estimate of drug-likeness (QED) is 0.410. The average Bonchev–Trinajstić information content (AvgIpc) is 2.62. The first kappa shape index (κ1) is 22.8. The monoisotopic (exact) mass is 438 g/mol. The molecule has 0 aliphatic carbocycles. The maximum atomic E-state index is 14.4. The van der Waals surface area contributed by atoms with Crippen molar-refractivity contribution in [2.24, 2.45) is 0 Å². The molecular weight excluding hydrogens is 422 g/mol. The van der Waals surface area contributed by atoms with Crippen LogP contribution in [0.1, 0.15) is 29.8 Å². The Labute approximate surface area is 163 Å². The van der Waals surface area contributed by atoms with Crippen molar-refractivity contribution in [3.05, 3.63) is 65.2 Å². The summed E-state index contributed by atoms with van der Waals surface area (Å²) in [6.07, 6.45) is -7.51. The minimum Gasteiger partial charge on any atom is -0.378 e. The van der Waals surface area contributed by atoms with Gasteiger partial charge < -0.3 is 4.18 Å². The molecule has 0 aromatic heterocycles. The Bertz CT molecular complexity index is 996. The Balaban J connectivity index is 2.62. The molecule has 0 heterocycles. The molecule has 0 aliphatic rings. The molecule has 0 N–H and O–H groups in total. The molecule has 0 spiro atoms. The van der Waals surface area contributed by atoms with Crippen LogP contribution in [0.2, 0.25) is 0 Å². The number of halogens is 6. The highest BCUT2D eigenvalue weighted by Gasteiger charge is 2.64. The van der Waals surface area contributed by atoms with Crippen molar-refractivity contribution < 1.29 is 38.9 Å². The minimum atomic E-state index is -6.18. The van der Waals surface area contributed by atoms with Crippen LogP contribution in [0.25, 0.3) is 6.08 Å². The SMILES string of the molecule is CC=Cc1cccc(C(F)C(F)(F)C(F)(F)F)c1OS(=O)(=O)c1ccc(C)cc1. The molecule has 0 saturated heterocycles. The van der Waals surface area contributed by atoms with Crippen LogP contribution in [0.5, 0.6) is 5.75 Å². The van der Waals surface area contributed by atoms with Crippen molar-refractivity contribution in [3.63, 3.8) is 0 Å². The summed E-state index contributed by atoms with van der Waals surface area (Å²) >= 11 is 0. The van der Waals surface area contributed by atoms with E-state index >= 15 is 0 Å². The number of hydrogen-bond acceptors (Lipinski definition) is 3. The fraction of sp³-hybridized carbons (Fsp3) is 0.263. The summed E-state index contributed by atoms with van der Waals surface area (Å²) in [4.78, 5) is -0.373. The zero-order valence-electron chi connectivity index (χ0n) is 15.2. The number of para-hydroxylation sites is 1. The summed E-state index contributed by atoms with van der Waals surface area (Å²) in [5.41, 5.74) is -0.701. The molecule has 0 bridgehead atoms. The maximum Gasteiger partial charge on any atom is 0.456 e. The van der Waals surface area contributed by atoms with E-state index in [4.69, 9.17) is 4.18 Å². The Morgan fingerprint density at radius 3 is 2.10 bits per heavy atom. The first-order chi connectivity index (χ1) is 13.3. The lowest BCUT2D eigenvalue weighted by atomic mass is 10.00. The number of alkyl halides is 6. The molecule has 0 aliphatic heterocycles. The van der Waals surface area contributed by atoms with Crippen molar-refractivity contribution in [2.45, 2.75) is 37.0 Å². The summed E-state index contributed by atoms with van der Waals surface area (Å²) in [6.45, 7) is 3.17. The van der Waals surface area contributed by atoms with Crippen LogP contribution >= 0.6 is 0 Å². The van der Waals surface area contributed by atoms with Crippen LogP contribution < -0.4 is 4.18 Å². The molecule has 10 heteroatoms. The molecule has 1 unspecified atom stereocenters. The van der Waals surface area contributed by atoms with Gasteiger partial charge in [0, 0.05) is 11.1 Å². The summed E-state index contributed by atoms with van der Waals surface area (Å²) < 4.78 is 109. The number of rotatable bonds is 6. The second-order valence-electron chi connectivity index (χ2n) is 6.10. The molecule has 0 fully saturated rings. The lowest BCUT2D eigenvalue weighted by Crippen LogP contribution is -2.40. The third-order valence-electron chi connectivity index (χ3n) is 3.89. The van der Waals surface area contributed by atoms with Gasteiger partial charge in [-0.3, -0.25) is 0 Å². The van der Waals surface area contributed by atoms with Gasteiger partial charge in [-0.15, -0.1) is 0 Å². The highest BCUT2D eigenvalue weighted by molar-refractivity contribution is 7.87. The average molecular weight is 438 g/mol. The second kappa shape index (κ2) is 8.10. The van der Waals surface area contributed by atoms with E-state index in [1.807, 2.05) is 0 Å². The fourth-order valence-electron chi connectivity index (χ4n) is 2.38. The lowest BCUT2D eigenvalue weighted by molar-refractivity contribution is -0.305. The van der Waals surface area contributed by atoms with Crippen molar-refractivity contribution in [1.82, 2.24) is 0 Å². The Morgan fingerprint density at radius 1 is 1.00 bits per heavy atom. The van der Waals surface area contributed by atoms with E-state index < -0.39 is 39.7 Å². The standard InChI is InChI=1S/C19H16F6O3S/c1-3-5-13-6-4-7-15(17(20)18(21,22)19(23,24)25)16(13)28-29(26,27)14-10-8-12(2)9-11-14/h3-11,17H,1-2H3. The van der Waals surface area contributed by atoms with Crippen LogP contribution in [-0.4, -0.2) is 20.5 Å². The van der Waals surface area contributed by atoms with Crippen molar-refractivity contribution in [2.75, 3.05) is 0 Å². The first-order valence-electron chi connectivity index (χ1n) is 8.16. The molecule has 3 nitrogen and oxygen atoms in total. The van der Waals surface area contributed by atoms with E-state index in [2.05, 4.69) is 0 Å². The predicted molar refractivity (Wildman–Crippen MR) is 95.0 cm³/mol. The maximum absolute atomic E-state index is 14.4. The Hall–Kier alpha value is -2.49.